The maximum absolute atomic E-state index is 10.7. The Morgan fingerprint density at radius 3 is 2.15 bits per heavy atom. The third kappa shape index (κ3) is 4.62. The van der Waals surface area contributed by atoms with Gasteiger partial charge in [-0.15, -0.1) is 12.4 Å². The fourth-order valence-corrected chi connectivity index (χ4v) is 2.14. The van der Waals surface area contributed by atoms with E-state index in [0.29, 0.717) is 15.6 Å². The van der Waals surface area contributed by atoms with Crippen LogP contribution in [0, 0.1) is 5.41 Å². The van der Waals surface area contributed by atoms with E-state index < -0.39 is 5.60 Å². The maximum atomic E-state index is 10.7. The van der Waals surface area contributed by atoms with E-state index in [2.05, 4.69) is 5.43 Å². The standard InChI is InChI=1S/C14H20Cl2N2O.ClH/c1-13(2,3)14(19,9-18-17)8-7-10-11(15)5-4-6-12(10)16;/h4-8,18-19H,9,17H2,1-3H3;1H/b8-7+;. The van der Waals surface area contributed by atoms with Crippen molar-refractivity contribution in [3.05, 3.63) is 39.9 Å². The zero-order chi connectivity index (χ0) is 14.7. The third-order valence-corrected chi connectivity index (χ3v) is 3.85. The minimum absolute atomic E-state index is 0. The fourth-order valence-electron chi connectivity index (χ4n) is 1.62. The zero-order valence-electron chi connectivity index (χ0n) is 11.8. The largest absolute Gasteiger partial charge is 0.384 e. The quantitative estimate of drug-likeness (QED) is 0.579. The summed E-state index contributed by atoms with van der Waals surface area (Å²) in [7, 11) is 0. The van der Waals surface area contributed by atoms with Crippen molar-refractivity contribution in [3.63, 3.8) is 0 Å². The van der Waals surface area contributed by atoms with Gasteiger partial charge in [0.15, 0.2) is 0 Å². The predicted octanol–water partition coefficient (Wildman–Crippen LogP) is 3.67. The first kappa shape index (κ1) is 19.7. The minimum Gasteiger partial charge on any atom is -0.384 e. The summed E-state index contributed by atoms with van der Waals surface area (Å²) < 4.78 is 0. The van der Waals surface area contributed by atoms with Crippen LogP contribution in [0.2, 0.25) is 10.0 Å². The predicted molar refractivity (Wildman–Crippen MR) is 89.3 cm³/mol. The third-order valence-electron chi connectivity index (χ3n) is 3.20. The van der Waals surface area contributed by atoms with Gasteiger partial charge in [0.05, 0.1) is 0 Å². The van der Waals surface area contributed by atoms with Crippen molar-refractivity contribution in [2.75, 3.05) is 6.54 Å². The van der Waals surface area contributed by atoms with Gasteiger partial charge < -0.3 is 5.11 Å². The number of rotatable bonds is 4. The highest BCUT2D eigenvalue weighted by Gasteiger charge is 2.37. The highest BCUT2D eigenvalue weighted by Crippen LogP contribution is 2.33. The molecule has 3 nitrogen and oxygen atoms in total. The Kier molecular flexibility index (Phi) is 7.53. The van der Waals surface area contributed by atoms with Crippen LogP contribution in [0.15, 0.2) is 24.3 Å². The van der Waals surface area contributed by atoms with Gasteiger partial charge in [-0.05, 0) is 17.5 Å². The molecule has 6 heteroatoms. The summed E-state index contributed by atoms with van der Waals surface area (Å²) in [6, 6.07) is 5.29. The van der Waals surface area contributed by atoms with Gasteiger partial charge in [0.2, 0.25) is 0 Å². The average Bonchev–Trinajstić information content (AvgIpc) is 2.27. The molecule has 20 heavy (non-hydrogen) atoms. The monoisotopic (exact) mass is 338 g/mol. The summed E-state index contributed by atoms with van der Waals surface area (Å²) in [5, 5.41) is 11.8. The molecule has 114 valence electrons. The summed E-state index contributed by atoms with van der Waals surface area (Å²) in [5.41, 5.74) is 1.71. The van der Waals surface area contributed by atoms with Crippen LogP contribution in [0.25, 0.3) is 6.08 Å². The number of hydrogen-bond donors (Lipinski definition) is 3. The number of hydrogen-bond acceptors (Lipinski definition) is 3. The van der Waals surface area contributed by atoms with Crippen LogP contribution >= 0.6 is 35.6 Å². The van der Waals surface area contributed by atoms with Crippen molar-refractivity contribution in [1.82, 2.24) is 5.43 Å². The van der Waals surface area contributed by atoms with Gasteiger partial charge in [-0.25, -0.2) is 0 Å². The van der Waals surface area contributed by atoms with Gasteiger partial charge >= 0.3 is 0 Å². The second kappa shape index (κ2) is 7.64. The summed E-state index contributed by atoms with van der Waals surface area (Å²) >= 11 is 12.2. The van der Waals surface area contributed by atoms with Crippen LogP contribution in [-0.4, -0.2) is 17.3 Å². The summed E-state index contributed by atoms with van der Waals surface area (Å²) in [4.78, 5) is 0. The molecule has 0 aliphatic carbocycles. The van der Waals surface area contributed by atoms with Crippen LogP contribution in [0.1, 0.15) is 26.3 Å². The Bertz CT molecular complexity index is 452. The zero-order valence-corrected chi connectivity index (χ0v) is 14.1. The van der Waals surface area contributed by atoms with Crippen molar-refractivity contribution in [2.24, 2.45) is 11.3 Å². The van der Waals surface area contributed by atoms with Gasteiger partial charge in [0.25, 0.3) is 0 Å². The second-order valence-corrected chi connectivity index (χ2v) is 6.34. The highest BCUT2D eigenvalue weighted by molar-refractivity contribution is 6.37. The van der Waals surface area contributed by atoms with Crippen molar-refractivity contribution >= 4 is 41.7 Å². The molecule has 1 aromatic carbocycles. The van der Waals surface area contributed by atoms with E-state index in [1.807, 2.05) is 20.8 Å². The summed E-state index contributed by atoms with van der Waals surface area (Å²) in [5.74, 6) is 5.34. The topological polar surface area (TPSA) is 58.3 Å². The van der Waals surface area contributed by atoms with E-state index in [1.54, 1.807) is 30.4 Å². The van der Waals surface area contributed by atoms with Crippen molar-refractivity contribution in [2.45, 2.75) is 26.4 Å². The normalized spacial score (nSPS) is 14.9. The smallest absolute Gasteiger partial charge is 0.102 e. The number of nitrogens with one attached hydrogen (secondary N) is 1. The number of benzene rings is 1. The molecule has 0 heterocycles. The Labute approximate surface area is 136 Å². The van der Waals surface area contributed by atoms with Crippen molar-refractivity contribution < 1.29 is 5.11 Å². The molecule has 0 aromatic heterocycles. The molecule has 0 saturated heterocycles. The van der Waals surface area contributed by atoms with Gasteiger partial charge in [-0.2, -0.15) is 0 Å². The van der Waals surface area contributed by atoms with E-state index in [0.717, 1.165) is 0 Å². The first-order chi connectivity index (χ1) is 8.71. The molecular formula is C14H21Cl3N2O. The maximum Gasteiger partial charge on any atom is 0.102 e. The molecule has 0 amide bonds. The number of hydrazine groups is 1. The van der Waals surface area contributed by atoms with Crippen molar-refractivity contribution in [3.8, 4) is 0 Å². The second-order valence-electron chi connectivity index (χ2n) is 5.52. The van der Waals surface area contributed by atoms with Crippen LogP contribution in [0.5, 0.6) is 0 Å². The van der Waals surface area contributed by atoms with Gasteiger partial charge in [-0.3, -0.25) is 11.3 Å². The van der Waals surface area contributed by atoms with E-state index in [4.69, 9.17) is 29.0 Å². The van der Waals surface area contributed by atoms with Gasteiger partial charge in [0.1, 0.15) is 5.60 Å². The van der Waals surface area contributed by atoms with Crippen LogP contribution < -0.4 is 11.3 Å². The molecule has 1 atom stereocenters. The first-order valence-corrected chi connectivity index (χ1v) is 6.76. The lowest BCUT2D eigenvalue weighted by atomic mass is 9.76. The van der Waals surface area contributed by atoms with Crippen LogP contribution in [0.3, 0.4) is 0 Å². The Morgan fingerprint density at radius 2 is 1.75 bits per heavy atom. The lowest BCUT2D eigenvalue weighted by Gasteiger charge is -2.37. The average molecular weight is 340 g/mol. The minimum atomic E-state index is -1.11. The molecule has 0 aliphatic heterocycles. The molecule has 0 aliphatic rings. The molecule has 0 fully saturated rings. The highest BCUT2D eigenvalue weighted by atomic mass is 35.5. The van der Waals surface area contributed by atoms with Gasteiger partial charge in [-0.1, -0.05) is 62.2 Å². The van der Waals surface area contributed by atoms with E-state index in [-0.39, 0.29) is 24.4 Å². The Morgan fingerprint density at radius 1 is 1.25 bits per heavy atom. The number of nitrogens with two attached hydrogens (primary N) is 1. The van der Waals surface area contributed by atoms with Crippen molar-refractivity contribution in [1.29, 1.82) is 0 Å². The summed E-state index contributed by atoms with van der Waals surface area (Å²) in [6.45, 7) is 6.03. The number of halogens is 3. The summed E-state index contributed by atoms with van der Waals surface area (Å²) in [6.07, 6.45) is 3.41. The Balaban J connectivity index is 0.00000361. The lowest BCUT2D eigenvalue weighted by molar-refractivity contribution is -0.0116. The molecule has 1 rings (SSSR count). The molecule has 0 saturated carbocycles. The van der Waals surface area contributed by atoms with Gasteiger partial charge in [0, 0.05) is 22.2 Å². The molecule has 0 spiro atoms. The SMILES string of the molecule is CC(C)(C)C(O)(/C=C/c1c(Cl)cccc1Cl)CNN.Cl. The molecule has 0 bridgehead atoms. The lowest BCUT2D eigenvalue weighted by Crippen LogP contribution is -2.50. The first-order valence-electron chi connectivity index (χ1n) is 6.00. The number of aliphatic hydroxyl groups is 1. The fraction of sp³-hybridized carbons (Fsp3) is 0.429. The van der Waals surface area contributed by atoms with E-state index in [1.165, 1.54) is 0 Å². The molecular weight excluding hydrogens is 319 g/mol. The molecule has 1 aromatic rings. The molecule has 4 N–H and O–H groups in total. The molecule has 0 radical (unpaired) electrons. The Hall–Kier alpha value is -0.290. The van der Waals surface area contributed by atoms with E-state index >= 15 is 0 Å². The van der Waals surface area contributed by atoms with Crippen LogP contribution in [0.4, 0.5) is 0 Å². The molecule has 1 unspecified atom stereocenters. The van der Waals surface area contributed by atoms with E-state index in [9.17, 15) is 5.11 Å². The van der Waals surface area contributed by atoms with Crippen LogP contribution in [-0.2, 0) is 0 Å².